The fraction of sp³-hybridized carbons (Fsp3) is 0.429. The second-order valence-corrected chi connectivity index (χ2v) is 9.77. The largest absolute Gasteiger partial charge is 0.170 e. The highest BCUT2D eigenvalue weighted by atomic mass is 35.6. The highest BCUT2D eigenvalue weighted by molar-refractivity contribution is 7.20. The van der Waals surface area contributed by atoms with Crippen molar-refractivity contribution < 1.29 is 0 Å². The number of allylic oxidation sites excluding steroid dienone is 2. The zero-order valence-electron chi connectivity index (χ0n) is 6.34. The van der Waals surface area contributed by atoms with E-state index in [1.54, 1.807) is 0 Å². The van der Waals surface area contributed by atoms with Crippen LogP contribution in [0.3, 0.4) is 0 Å². The predicted octanol–water partition coefficient (Wildman–Crippen LogP) is 2.55. The van der Waals surface area contributed by atoms with Crippen LogP contribution in [0.25, 0.3) is 0 Å². The molecule has 0 saturated carbocycles. The molecule has 1 aliphatic rings. The van der Waals surface area contributed by atoms with Crippen LogP contribution in [0.1, 0.15) is 0 Å². The molecule has 53 valence electrons. The van der Waals surface area contributed by atoms with Gasteiger partial charge in [-0.3, -0.25) is 0 Å². The van der Waals surface area contributed by atoms with Gasteiger partial charge >= 0.3 is 0 Å². The Morgan fingerprint density at radius 2 is 1.80 bits per heavy atom. The molecular weight excluding hydrogens is 158 g/mol. The van der Waals surface area contributed by atoms with Crippen molar-refractivity contribution in [3.8, 4) is 0 Å². The van der Waals surface area contributed by atoms with Crippen LogP contribution in [0.2, 0.25) is 18.6 Å². The Kier molecular flexibility index (Phi) is 2.42. The van der Waals surface area contributed by atoms with Gasteiger partial charge < -0.3 is 0 Å². The Hall–Kier alpha value is 0.0518. The van der Waals surface area contributed by atoms with Crippen LogP contribution < -0.4 is 0 Å². The summed E-state index contributed by atoms with van der Waals surface area (Å²) in [6.45, 7) is 4.33. The van der Waals surface area contributed by atoms with Gasteiger partial charge in [-0.25, -0.2) is 0 Å². The Morgan fingerprint density at radius 1 is 1.30 bits per heavy atom. The van der Waals surface area contributed by atoms with Gasteiger partial charge in [0.1, 0.15) is 0 Å². The van der Waals surface area contributed by atoms with E-state index in [0.717, 1.165) is 0 Å². The van der Waals surface area contributed by atoms with Crippen LogP contribution in [0, 0.1) is 0 Å². The summed E-state index contributed by atoms with van der Waals surface area (Å²) < 4.78 is 0. The molecule has 0 nitrogen and oxygen atoms in total. The third-order valence-electron chi connectivity index (χ3n) is 1.65. The molecule has 0 atom stereocenters. The molecule has 0 aromatic rings. The first-order chi connectivity index (χ1) is 4.61. The van der Waals surface area contributed by atoms with E-state index in [9.17, 15) is 0 Å². The summed E-state index contributed by atoms with van der Waals surface area (Å²) >= 11 is 6.23. The zero-order chi connectivity index (χ0) is 7.61. The molecule has 1 rings (SSSR count). The number of rotatable bonds is 1. The molecule has 1 radical (unpaired) electrons. The standard InChI is InChI=1S/C7H11BClSi/c1-10(2,9)7-3-5-8-6-4-7/h3-7H,1-2H3. The maximum Gasteiger partial charge on any atom is 0.170 e. The first kappa shape index (κ1) is 8.15. The highest BCUT2D eigenvalue weighted by Crippen LogP contribution is 2.29. The summed E-state index contributed by atoms with van der Waals surface area (Å²) in [5, 5.41) is 0. The molecule has 0 spiro atoms. The topological polar surface area (TPSA) is 0 Å². The lowest BCUT2D eigenvalue weighted by Gasteiger charge is -2.21. The molecule has 1 heterocycles. The van der Waals surface area contributed by atoms with Crippen molar-refractivity contribution in [3.05, 3.63) is 24.1 Å². The minimum absolute atomic E-state index is 0.513. The molecule has 0 aromatic heterocycles. The highest BCUT2D eigenvalue weighted by Gasteiger charge is 2.25. The molecule has 10 heavy (non-hydrogen) atoms. The number of hydrogen-bond donors (Lipinski definition) is 0. The third-order valence-corrected chi connectivity index (χ3v) is 4.38. The van der Waals surface area contributed by atoms with Crippen molar-refractivity contribution in [1.82, 2.24) is 0 Å². The summed E-state index contributed by atoms with van der Waals surface area (Å²) in [6.07, 6.45) is 4.36. The van der Waals surface area contributed by atoms with E-state index in [4.69, 9.17) is 11.1 Å². The van der Waals surface area contributed by atoms with Crippen LogP contribution in [-0.2, 0) is 0 Å². The molecule has 0 aliphatic carbocycles. The molecule has 0 aromatic carbocycles. The van der Waals surface area contributed by atoms with E-state index >= 15 is 0 Å². The molecule has 0 saturated heterocycles. The van der Waals surface area contributed by atoms with Crippen LogP contribution in [0.4, 0.5) is 0 Å². The number of hydrogen-bond acceptors (Lipinski definition) is 0. The van der Waals surface area contributed by atoms with E-state index in [1.165, 1.54) is 0 Å². The van der Waals surface area contributed by atoms with Gasteiger partial charge in [0, 0.05) is 5.54 Å². The fourth-order valence-electron chi connectivity index (χ4n) is 0.954. The summed E-state index contributed by atoms with van der Waals surface area (Å²) in [5.74, 6) is 4.14. The van der Waals surface area contributed by atoms with Gasteiger partial charge in [-0.05, 0) is 0 Å². The smallest absolute Gasteiger partial charge is 0.167 e. The van der Waals surface area contributed by atoms with Crippen molar-refractivity contribution in [2.45, 2.75) is 18.6 Å². The molecule has 3 heteroatoms. The Labute approximate surface area is 68.9 Å². The van der Waals surface area contributed by atoms with Crippen LogP contribution in [0.5, 0.6) is 0 Å². The van der Waals surface area contributed by atoms with Crippen LogP contribution in [0.15, 0.2) is 24.1 Å². The summed E-state index contributed by atoms with van der Waals surface area (Å²) in [4.78, 5) is 0. The van der Waals surface area contributed by atoms with E-state index in [1.807, 2.05) is 7.28 Å². The molecule has 0 N–H and O–H groups in total. The average Bonchev–Trinajstić information content (AvgIpc) is 1.88. The van der Waals surface area contributed by atoms with Gasteiger partial charge in [-0.1, -0.05) is 25.2 Å². The molecule has 0 unspecified atom stereocenters. The summed E-state index contributed by atoms with van der Waals surface area (Å²) in [7, 11) is 0.557. The van der Waals surface area contributed by atoms with E-state index < -0.39 is 7.38 Å². The van der Waals surface area contributed by atoms with Crippen molar-refractivity contribution in [3.63, 3.8) is 0 Å². The average molecular weight is 170 g/mol. The van der Waals surface area contributed by atoms with Gasteiger partial charge in [0.2, 0.25) is 0 Å². The second-order valence-electron chi connectivity index (χ2n) is 3.05. The maximum absolute atomic E-state index is 6.23. The van der Waals surface area contributed by atoms with Gasteiger partial charge in [0.15, 0.2) is 14.7 Å². The minimum atomic E-state index is -1.48. The van der Waals surface area contributed by atoms with Crippen molar-refractivity contribution in [1.29, 1.82) is 0 Å². The monoisotopic (exact) mass is 169 g/mol. The lowest BCUT2D eigenvalue weighted by Crippen LogP contribution is -2.23. The molecule has 1 aliphatic heterocycles. The third kappa shape index (κ3) is 2.03. The first-order valence-electron chi connectivity index (χ1n) is 3.48. The maximum atomic E-state index is 6.23. The molecular formula is C7H11BClSi. The predicted molar refractivity (Wildman–Crippen MR) is 51.1 cm³/mol. The Morgan fingerprint density at radius 3 is 2.10 bits per heavy atom. The van der Waals surface area contributed by atoms with Gasteiger partial charge in [0.25, 0.3) is 0 Å². The second kappa shape index (κ2) is 2.97. The fourth-order valence-corrected chi connectivity index (χ4v) is 2.53. The lowest BCUT2D eigenvalue weighted by molar-refractivity contribution is 1.30. The summed E-state index contributed by atoms with van der Waals surface area (Å²) in [5.41, 5.74) is 0.513. The molecule has 0 amide bonds. The van der Waals surface area contributed by atoms with E-state index in [0.29, 0.717) is 5.54 Å². The van der Waals surface area contributed by atoms with Gasteiger partial charge in [0.05, 0.1) is 0 Å². The van der Waals surface area contributed by atoms with Gasteiger partial charge in [-0.2, -0.15) is 11.1 Å². The SMILES string of the molecule is C[Si](C)(Cl)C1C=C[B]C=C1. The van der Waals surface area contributed by atoms with Crippen molar-refractivity contribution in [2.24, 2.45) is 0 Å². The van der Waals surface area contributed by atoms with Crippen LogP contribution in [-0.4, -0.2) is 14.7 Å². The molecule has 0 fully saturated rings. The summed E-state index contributed by atoms with van der Waals surface area (Å²) in [6, 6.07) is 0. The quantitative estimate of drug-likeness (QED) is 0.418. The van der Waals surface area contributed by atoms with E-state index in [-0.39, 0.29) is 0 Å². The minimum Gasteiger partial charge on any atom is -0.167 e. The van der Waals surface area contributed by atoms with Crippen molar-refractivity contribution >= 4 is 25.7 Å². The Bertz CT molecular complexity index is 157. The zero-order valence-corrected chi connectivity index (χ0v) is 8.10. The lowest BCUT2D eigenvalue weighted by atomic mass is 9.75. The molecule has 0 bridgehead atoms. The van der Waals surface area contributed by atoms with Crippen molar-refractivity contribution in [2.75, 3.05) is 0 Å². The normalized spacial score (nSPS) is 19.1. The number of halogens is 1. The van der Waals surface area contributed by atoms with Crippen LogP contribution >= 0.6 is 11.1 Å². The Balaban J connectivity index is 2.64. The van der Waals surface area contributed by atoms with E-state index in [2.05, 4.69) is 37.2 Å². The van der Waals surface area contributed by atoms with Gasteiger partial charge in [-0.15, -0.1) is 12.0 Å². The first-order valence-corrected chi connectivity index (χ1v) is 7.57.